The summed E-state index contributed by atoms with van der Waals surface area (Å²) < 4.78 is 5.35. The van der Waals surface area contributed by atoms with Crippen LogP contribution in [0.2, 0.25) is 0 Å². The highest BCUT2D eigenvalue weighted by molar-refractivity contribution is 5.69. The average molecular weight is 196 g/mol. The number of carboxylic acids is 1. The molecule has 76 valence electrons. The molecule has 1 aromatic heterocycles. The SMILES string of the molecule is Cc1cc2c(o1)CCC2(O)CC(=O)O. The molecule has 1 unspecified atom stereocenters. The van der Waals surface area contributed by atoms with Crippen LogP contribution in [0.1, 0.15) is 29.9 Å². The molecule has 0 bridgehead atoms. The Kier molecular flexibility index (Phi) is 1.89. The van der Waals surface area contributed by atoms with E-state index in [0.29, 0.717) is 18.4 Å². The molecular weight excluding hydrogens is 184 g/mol. The summed E-state index contributed by atoms with van der Waals surface area (Å²) in [6, 6.07) is 1.73. The van der Waals surface area contributed by atoms with Crippen molar-refractivity contribution < 1.29 is 19.4 Å². The Morgan fingerprint density at radius 3 is 3.07 bits per heavy atom. The van der Waals surface area contributed by atoms with E-state index in [1.165, 1.54) is 0 Å². The van der Waals surface area contributed by atoms with Gasteiger partial charge in [-0.05, 0) is 19.4 Å². The van der Waals surface area contributed by atoms with Gasteiger partial charge in [0.25, 0.3) is 0 Å². The molecule has 0 spiro atoms. The number of hydrogen-bond donors (Lipinski definition) is 2. The highest BCUT2D eigenvalue weighted by atomic mass is 16.4. The number of aliphatic hydroxyl groups is 1. The minimum atomic E-state index is -1.22. The second-order valence-electron chi connectivity index (χ2n) is 3.80. The quantitative estimate of drug-likeness (QED) is 0.745. The number of rotatable bonds is 2. The lowest BCUT2D eigenvalue weighted by Crippen LogP contribution is -2.25. The first-order valence-electron chi connectivity index (χ1n) is 4.55. The molecule has 0 aromatic carbocycles. The molecule has 2 N–H and O–H groups in total. The summed E-state index contributed by atoms with van der Waals surface area (Å²) in [5.41, 5.74) is -0.573. The van der Waals surface area contributed by atoms with E-state index in [9.17, 15) is 9.90 Å². The van der Waals surface area contributed by atoms with Gasteiger partial charge in [-0.1, -0.05) is 0 Å². The van der Waals surface area contributed by atoms with Crippen LogP contribution in [0.25, 0.3) is 0 Å². The maximum Gasteiger partial charge on any atom is 0.306 e. The first kappa shape index (κ1) is 9.27. The molecule has 0 amide bonds. The molecule has 4 heteroatoms. The Bertz CT molecular complexity index is 379. The van der Waals surface area contributed by atoms with E-state index in [1.807, 2.05) is 0 Å². The fraction of sp³-hybridized carbons (Fsp3) is 0.500. The minimum Gasteiger partial charge on any atom is -0.481 e. The molecular formula is C10H12O4. The zero-order valence-electron chi connectivity index (χ0n) is 7.91. The fourth-order valence-corrected chi connectivity index (χ4v) is 2.03. The van der Waals surface area contributed by atoms with E-state index in [0.717, 1.165) is 11.5 Å². The number of aliphatic carboxylic acids is 1. The van der Waals surface area contributed by atoms with Crippen LogP contribution in [0.15, 0.2) is 10.5 Å². The average Bonchev–Trinajstić information content (AvgIpc) is 2.52. The Balaban J connectivity index is 2.35. The van der Waals surface area contributed by atoms with Gasteiger partial charge in [-0.15, -0.1) is 0 Å². The second kappa shape index (κ2) is 2.85. The van der Waals surface area contributed by atoms with Crippen LogP contribution in [0.4, 0.5) is 0 Å². The summed E-state index contributed by atoms with van der Waals surface area (Å²) in [5.74, 6) is 0.462. The second-order valence-corrected chi connectivity index (χ2v) is 3.80. The van der Waals surface area contributed by atoms with Gasteiger partial charge in [-0.3, -0.25) is 4.79 Å². The van der Waals surface area contributed by atoms with Gasteiger partial charge in [0.2, 0.25) is 0 Å². The lowest BCUT2D eigenvalue weighted by atomic mass is 9.94. The molecule has 1 atom stereocenters. The Labute approximate surface area is 81.2 Å². The van der Waals surface area contributed by atoms with Gasteiger partial charge in [-0.25, -0.2) is 0 Å². The van der Waals surface area contributed by atoms with E-state index in [-0.39, 0.29) is 6.42 Å². The molecule has 4 nitrogen and oxygen atoms in total. The van der Waals surface area contributed by atoms with Gasteiger partial charge in [-0.2, -0.15) is 0 Å². The molecule has 1 heterocycles. The van der Waals surface area contributed by atoms with Gasteiger partial charge in [0.15, 0.2) is 0 Å². The molecule has 0 radical (unpaired) electrons. The molecule has 2 rings (SSSR count). The van der Waals surface area contributed by atoms with Crippen molar-refractivity contribution in [2.45, 2.75) is 31.8 Å². The van der Waals surface area contributed by atoms with Gasteiger partial charge >= 0.3 is 5.97 Å². The standard InChI is InChI=1S/C10H12O4/c1-6-4-7-8(14-6)2-3-10(7,13)5-9(11)12/h4,13H,2-3,5H2,1H3,(H,11,12). The maximum absolute atomic E-state index is 10.6. The third-order valence-electron chi connectivity index (χ3n) is 2.64. The Hall–Kier alpha value is -1.29. The number of carbonyl (C=O) groups is 1. The van der Waals surface area contributed by atoms with Crippen molar-refractivity contribution in [1.29, 1.82) is 0 Å². The van der Waals surface area contributed by atoms with Crippen molar-refractivity contribution in [3.63, 3.8) is 0 Å². The fourth-order valence-electron chi connectivity index (χ4n) is 2.03. The van der Waals surface area contributed by atoms with Crippen LogP contribution in [-0.2, 0) is 16.8 Å². The summed E-state index contributed by atoms with van der Waals surface area (Å²) in [6.07, 6.45) is 0.805. The van der Waals surface area contributed by atoms with Crippen molar-refractivity contribution >= 4 is 5.97 Å². The highest BCUT2D eigenvalue weighted by Gasteiger charge is 2.41. The lowest BCUT2D eigenvalue weighted by molar-refractivity contribution is -0.142. The molecule has 0 fully saturated rings. The minimum absolute atomic E-state index is 0.251. The number of carboxylic acid groups (broad SMARTS) is 1. The number of fused-ring (bicyclic) bond motifs is 1. The van der Waals surface area contributed by atoms with E-state index < -0.39 is 11.6 Å². The smallest absolute Gasteiger partial charge is 0.306 e. The highest BCUT2D eigenvalue weighted by Crippen LogP contribution is 2.40. The van der Waals surface area contributed by atoms with Crippen LogP contribution in [-0.4, -0.2) is 16.2 Å². The molecule has 0 saturated carbocycles. The summed E-state index contributed by atoms with van der Waals surface area (Å²) >= 11 is 0. The first-order valence-corrected chi connectivity index (χ1v) is 4.55. The van der Waals surface area contributed by atoms with E-state index >= 15 is 0 Å². The first-order chi connectivity index (χ1) is 6.51. The molecule has 0 saturated heterocycles. The topological polar surface area (TPSA) is 70.7 Å². The number of furan rings is 1. The molecule has 1 aliphatic carbocycles. The van der Waals surface area contributed by atoms with Crippen molar-refractivity contribution in [2.75, 3.05) is 0 Å². The summed E-state index contributed by atoms with van der Waals surface area (Å²) in [6.45, 7) is 1.79. The van der Waals surface area contributed by atoms with Crippen LogP contribution >= 0.6 is 0 Å². The monoisotopic (exact) mass is 196 g/mol. The molecule has 1 aromatic rings. The number of hydrogen-bond acceptors (Lipinski definition) is 3. The predicted octanol–water partition coefficient (Wildman–Crippen LogP) is 1.20. The lowest BCUT2D eigenvalue weighted by Gasteiger charge is -2.19. The summed E-state index contributed by atoms with van der Waals surface area (Å²) in [4.78, 5) is 10.6. The van der Waals surface area contributed by atoms with Crippen molar-refractivity contribution in [2.24, 2.45) is 0 Å². The van der Waals surface area contributed by atoms with E-state index in [4.69, 9.17) is 9.52 Å². The van der Waals surface area contributed by atoms with Crippen molar-refractivity contribution in [3.8, 4) is 0 Å². The van der Waals surface area contributed by atoms with Gasteiger partial charge in [0.05, 0.1) is 6.42 Å². The Morgan fingerprint density at radius 2 is 2.43 bits per heavy atom. The van der Waals surface area contributed by atoms with Crippen molar-refractivity contribution in [3.05, 3.63) is 23.2 Å². The van der Waals surface area contributed by atoms with Crippen molar-refractivity contribution in [1.82, 2.24) is 0 Å². The zero-order valence-corrected chi connectivity index (χ0v) is 7.91. The van der Waals surface area contributed by atoms with Crippen LogP contribution in [0, 0.1) is 6.92 Å². The maximum atomic E-state index is 10.6. The van der Waals surface area contributed by atoms with Crippen LogP contribution in [0.3, 0.4) is 0 Å². The van der Waals surface area contributed by atoms with Gasteiger partial charge in [0.1, 0.15) is 17.1 Å². The van der Waals surface area contributed by atoms with Crippen LogP contribution < -0.4 is 0 Å². The zero-order chi connectivity index (χ0) is 10.3. The van der Waals surface area contributed by atoms with Gasteiger partial charge < -0.3 is 14.6 Å². The van der Waals surface area contributed by atoms with E-state index in [1.54, 1.807) is 13.0 Å². The molecule has 0 aliphatic heterocycles. The van der Waals surface area contributed by atoms with Gasteiger partial charge in [0, 0.05) is 12.0 Å². The third-order valence-corrected chi connectivity index (χ3v) is 2.64. The predicted molar refractivity (Wildman–Crippen MR) is 47.9 cm³/mol. The van der Waals surface area contributed by atoms with E-state index in [2.05, 4.69) is 0 Å². The molecule has 1 aliphatic rings. The third kappa shape index (κ3) is 1.32. The number of aryl methyl sites for hydroxylation is 2. The Morgan fingerprint density at radius 1 is 1.71 bits per heavy atom. The summed E-state index contributed by atoms with van der Waals surface area (Å²) in [5, 5.41) is 18.8. The summed E-state index contributed by atoms with van der Waals surface area (Å²) in [7, 11) is 0. The molecule has 14 heavy (non-hydrogen) atoms. The normalized spacial score (nSPS) is 25.0. The largest absolute Gasteiger partial charge is 0.481 e. The van der Waals surface area contributed by atoms with Crippen LogP contribution in [0.5, 0.6) is 0 Å².